The van der Waals surface area contributed by atoms with Gasteiger partial charge in [0.1, 0.15) is 0 Å². The SMILES string of the molecule is COc1cc(CCC(=O)NCC(C)(C)CC(C)C)cc(OC)c1OC. The Bertz CT molecular complexity index is 542. The summed E-state index contributed by atoms with van der Waals surface area (Å²) >= 11 is 0. The predicted molar refractivity (Wildman–Crippen MR) is 101 cm³/mol. The number of carbonyl (C=O) groups is 1. The van der Waals surface area contributed by atoms with Crippen LogP contribution in [0.5, 0.6) is 17.2 Å². The van der Waals surface area contributed by atoms with Crippen molar-refractivity contribution in [3.63, 3.8) is 0 Å². The van der Waals surface area contributed by atoms with Crippen LogP contribution in [0.25, 0.3) is 0 Å². The van der Waals surface area contributed by atoms with Gasteiger partial charge in [0, 0.05) is 13.0 Å². The summed E-state index contributed by atoms with van der Waals surface area (Å²) in [4.78, 5) is 12.2. The van der Waals surface area contributed by atoms with E-state index in [1.807, 2.05) is 12.1 Å². The molecule has 0 fully saturated rings. The highest BCUT2D eigenvalue weighted by molar-refractivity contribution is 5.76. The van der Waals surface area contributed by atoms with Crippen LogP contribution in [0.3, 0.4) is 0 Å². The quantitative estimate of drug-likeness (QED) is 0.696. The molecule has 0 unspecified atom stereocenters. The Morgan fingerprint density at radius 3 is 2.08 bits per heavy atom. The first kappa shape index (κ1) is 21.1. The van der Waals surface area contributed by atoms with Gasteiger partial charge in [-0.1, -0.05) is 27.7 Å². The van der Waals surface area contributed by atoms with Crippen LogP contribution in [0.4, 0.5) is 0 Å². The minimum atomic E-state index is 0.0607. The molecule has 1 N–H and O–H groups in total. The standard InChI is InChI=1S/C20H33NO4/c1-14(2)12-20(3,4)13-21-18(22)9-8-15-10-16(23-5)19(25-7)17(11-15)24-6/h10-11,14H,8-9,12-13H2,1-7H3,(H,21,22). The molecule has 0 atom stereocenters. The largest absolute Gasteiger partial charge is 0.493 e. The van der Waals surface area contributed by atoms with E-state index in [1.165, 1.54) is 0 Å². The molecule has 1 amide bonds. The average molecular weight is 351 g/mol. The number of amides is 1. The highest BCUT2D eigenvalue weighted by Gasteiger charge is 2.20. The van der Waals surface area contributed by atoms with E-state index < -0.39 is 0 Å². The van der Waals surface area contributed by atoms with Crippen LogP contribution >= 0.6 is 0 Å². The normalized spacial score (nSPS) is 11.4. The van der Waals surface area contributed by atoms with Crippen LogP contribution in [-0.4, -0.2) is 33.8 Å². The Morgan fingerprint density at radius 1 is 1.08 bits per heavy atom. The third-order valence-electron chi connectivity index (χ3n) is 4.09. The van der Waals surface area contributed by atoms with Gasteiger partial charge < -0.3 is 19.5 Å². The topological polar surface area (TPSA) is 56.8 Å². The summed E-state index contributed by atoms with van der Waals surface area (Å²) in [6.07, 6.45) is 2.13. The molecule has 5 heteroatoms. The van der Waals surface area contributed by atoms with Gasteiger partial charge in [-0.15, -0.1) is 0 Å². The van der Waals surface area contributed by atoms with Gasteiger partial charge in [-0.3, -0.25) is 4.79 Å². The number of hydrogen-bond acceptors (Lipinski definition) is 4. The lowest BCUT2D eigenvalue weighted by Crippen LogP contribution is -2.34. The monoisotopic (exact) mass is 351 g/mol. The zero-order valence-electron chi connectivity index (χ0n) is 16.7. The van der Waals surface area contributed by atoms with E-state index >= 15 is 0 Å². The smallest absolute Gasteiger partial charge is 0.220 e. The molecular formula is C20H33NO4. The zero-order chi connectivity index (χ0) is 19.0. The molecule has 0 bridgehead atoms. The van der Waals surface area contributed by atoms with Gasteiger partial charge in [-0.25, -0.2) is 0 Å². The Morgan fingerprint density at radius 2 is 1.64 bits per heavy atom. The van der Waals surface area contributed by atoms with Gasteiger partial charge in [0.05, 0.1) is 21.3 Å². The molecule has 0 radical (unpaired) electrons. The van der Waals surface area contributed by atoms with E-state index in [0.717, 1.165) is 12.0 Å². The Kier molecular flexibility index (Phi) is 8.07. The minimum absolute atomic E-state index is 0.0607. The fourth-order valence-corrected chi connectivity index (χ4v) is 3.14. The van der Waals surface area contributed by atoms with Crippen molar-refractivity contribution < 1.29 is 19.0 Å². The summed E-state index contributed by atoms with van der Waals surface area (Å²) in [5.41, 5.74) is 1.09. The van der Waals surface area contributed by atoms with Gasteiger partial charge in [0.15, 0.2) is 11.5 Å². The van der Waals surface area contributed by atoms with Crippen molar-refractivity contribution in [3.8, 4) is 17.2 Å². The van der Waals surface area contributed by atoms with Gasteiger partial charge in [-0.2, -0.15) is 0 Å². The third kappa shape index (κ3) is 6.85. The Balaban J connectivity index is 2.64. The van der Waals surface area contributed by atoms with Crippen molar-refractivity contribution in [1.82, 2.24) is 5.32 Å². The van der Waals surface area contributed by atoms with Gasteiger partial charge in [-0.05, 0) is 41.9 Å². The first-order valence-electron chi connectivity index (χ1n) is 8.78. The summed E-state index contributed by atoms with van der Waals surface area (Å²) in [7, 11) is 4.75. The van der Waals surface area contributed by atoms with E-state index in [4.69, 9.17) is 14.2 Å². The molecular weight excluding hydrogens is 318 g/mol. The number of ether oxygens (including phenoxy) is 3. The summed E-state index contributed by atoms with van der Waals surface area (Å²) < 4.78 is 16.0. The average Bonchev–Trinajstić information content (AvgIpc) is 2.55. The summed E-state index contributed by atoms with van der Waals surface area (Å²) in [5, 5.41) is 3.05. The molecule has 5 nitrogen and oxygen atoms in total. The van der Waals surface area contributed by atoms with Crippen LogP contribution in [-0.2, 0) is 11.2 Å². The molecule has 0 aromatic heterocycles. The van der Waals surface area contributed by atoms with Crippen LogP contribution in [0, 0.1) is 11.3 Å². The van der Waals surface area contributed by atoms with Gasteiger partial charge >= 0.3 is 0 Å². The number of benzene rings is 1. The highest BCUT2D eigenvalue weighted by atomic mass is 16.5. The van der Waals surface area contributed by atoms with Crippen molar-refractivity contribution >= 4 is 5.91 Å². The van der Waals surface area contributed by atoms with Crippen LogP contribution < -0.4 is 19.5 Å². The third-order valence-corrected chi connectivity index (χ3v) is 4.09. The summed E-state index contributed by atoms with van der Waals surface area (Å²) in [6.45, 7) is 9.47. The first-order chi connectivity index (χ1) is 11.7. The summed E-state index contributed by atoms with van der Waals surface area (Å²) in [6, 6.07) is 3.77. The highest BCUT2D eigenvalue weighted by Crippen LogP contribution is 2.38. The van der Waals surface area contributed by atoms with Gasteiger partial charge in [0.25, 0.3) is 0 Å². The molecule has 25 heavy (non-hydrogen) atoms. The fraction of sp³-hybridized carbons (Fsp3) is 0.650. The fourth-order valence-electron chi connectivity index (χ4n) is 3.14. The van der Waals surface area contributed by atoms with Crippen LogP contribution in [0.1, 0.15) is 46.1 Å². The maximum Gasteiger partial charge on any atom is 0.220 e. The lowest BCUT2D eigenvalue weighted by atomic mass is 9.84. The van der Waals surface area contributed by atoms with Crippen molar-refractivity contribution in [2.75, 3.05) is 27.9 Å². The molecule has 0 spiro atoms. The number of carbonyl (C=O) groups excluding carboxylic acids is 1. The molecule has 0 heterocycles. The zero-order valence-corrected chi connectivity index (χ0v) is 16.7. The lowest BCUT2D eigenvalue weighted by Gasteiger charge is -2.27. The minimum Gasteiger partial charge on any atom is -0.493 e. The molecule has 0 aliphatic rings. The number of aryl methyl sites for hydroxylation is 1. The van der Waals surface area contributed by atoms with Crippen molar-refractivity contribution in [1.29, 1.82) is 0 Å². The van der Waals surface area contributed by atoms with Crippen molar-refractivity contribution in [2.45, 2.75) is 47.0 Å². The van der Waals surface area contributed by atoms with E-state index in [0.29, 0.717) is 42.6 Å². The van der Waals surface area contributed by atoms with E-state index in [-0.39, 0.29) is 11.3 Å². The molecule has 142 valence electrons. The van der Waals surface area contributed by atoms with E-state index in [9.17, 15) is 4.79 Å². The predicted octanol–water partition coefficient (Wildman–Crippen LogP) is 3.83. The second-order valence-electron chi connectivity index (χ2n) is 7.57. The Labute approximate surface area is 152 Å². The second-order valence-corrected chi connectivity index (χ2v) is 7.57. The van der Waals surface area contributed by atoms with Gasteiger partial charge in [0.2, 0.25) is 11.7 Å². The van der Waals surface area contributed by atoms with E-state index in [2.05, 4.69) is 33.0 Å². The molecule has 1 aromatic carbocycles. The molecule has 0 saturated heterocycles. The number of nitrogens with one attached hydrogen (secondary N) is 1. The van der Waals surface area contributed by atoms with Crippen LogP contribution in [0.2, 0.25) is 0 Å². The molecule has 0 aliphatic heterocycles. The molecule has 0 saturated carbocycles. The van der Waals surface area contributed by atoms with E-state index in [1.54, 1.807) is 21.3 Å². The number of rotatable bonds is 10. The molecule has 1 aromatic rings. The number of hydrogen-bond donors (Lipinski definition) is 1. The first-order valence-corrected chi connectivity index (χ1v) is 8.78. The maximum atomic E-state index is 12.2. The number of methoxy groups -OCH3 is 3. The Hall–Kier alpha value is -1.91. The molecule has 1 rings (SSSR count). The second kappa shape index (κ2) is 9.54. The lowest BCUT2D eigenvalue weighted by molar-refractivity contribution is -0.121. The maximum absolute atomic E-state index is 12.2. The van der Waals surface area contributed by atoms with Crippen LogP contribution in [0.15, 0.2) is 12.1 Å². The molecule has 0 aliphatic carbocycles. The summed E-state index contributed by atoms with van der Waals surface area (Å²) in [5.74, 6) is 2.45. The van der Waals surface area contributed by atoms with Crippen molar-refractivity contribution in [2.24, 2.45) is 11.3 Å². The van der Waals surface area contributed by atoms with Crippen molar-refractivity contribution in [3.05, 3.63) is 17.7 Å².